The second-order valence-corrected chi connectivity index (χ2v) is 6.04. The monoisotopic (exact) mass is 326 g/mol. The molecule has 3 rings (SSSR count). The van der Waals surface area contributed by atoms with Gasteiger partial charge >= 0.3 is 0 Å². The first-order chi connectivity index (χ1) is 11.5. The number of aromatic amines is 1. The van der Waals surface area contributed by atoms with Crippen LogP contribution < -0.4 is 10.9 Å². The largest absolute Gasteiger partial charge is 0.348 e. The van der Waals surface area contributed by atoms with Crippen molar-refractivity contribution in [3.8, 4) is 0 Å². The van der Waals surface area contributed by atoms with Gasteiger partial charge in [0, 0.05) is 23.4 Å². The fourth-order valence-electron chi connectivity index (χ4n) is 2.88. The minimum atomic E-state index is -0.315. The zero-order valence-corrected chi connectivity index (χ0v) is 13.5. The van der Waals surface area contributed by atoms with Crippen molar-refractivity contribution < 1.29 is 9.18 Å². The predicted octanol–water partition coefficient (Wildman–Crippen LogP) is 2.72. The Labute approximate surface area is 139 Å². The molecule has 0 aliphatic heterocycles. The van der Waals surface area contributed by atoms with Gasteiger partial charge < -0.3 is 10.3 Å². The van der Waals surface area contributed by atoms with E-state index in [1.54, 1.807) is 25.1 Å². The molecular formula is C19H19FN2O2. The number of rotatable bonds is 4. The lowest BCUT2D eigenvalue weighted by Gasteiger charge is -2.07. The molecule has 2 aromatic rings. The smallest absolute Gasteiger partial charge is 0.253 e. The zero-order valence-electron chi connectivity index (χ0n) is 13.5. The van der Waals surface area contributed by atoms with Crippen molar-refractivity contribution >= 4 is 12.0 Å². The molecule has 1 amide bonds. The van der Waals surface area contributed by atoms with Crippen LogP contribution in [-0.4, -0.2) is 10.9 Å². The highest BCUT2D eigenvalue weighted by Crippen LogP contribution is 2.18. The van der Waals surface area contributed by atoms with E-state index < -0.39 is 0 Å². The number of carbonyl (C=O) groups is 1. The van der Waals surface area contributed by atoms with Crippen LogP contribution in [0, 0.1) is 5.82 Å². The van der Waals surface area contributed by atoms with Crippen LogP contribution in [0.4, 0.5) is 4.39 Å². The van der Waals surface area contributed by atoms with Crippen molar-refractivity contribution in [2.75, 3.05) is 0 Å². The number of aryl methyl sites for hydroxylation is 2. The summed E-state index contributed by atoms with van der Waals surface area (Å²) in [5.41, 5.74) is 3.85. The van der Waals surface area contributed by atoms with Crippen LogP contribution in [0.5, 0.6) is 0 Å². The Morgan fingerprint density at radius 1 is 1.29 bits per heavy atom. The molecule has 0 saturated carbocycles. The molecule has 24 heavy (non-hydrogen) atoms. The molecule has 4 nitrogen and oxygen atoms in total. The quantitative estimate of drug-likeness (QED) is 0.849. The Hall–Kier alpha value is -2.69. The average molecular weight is 326 g/mol. The van der Waals surface area contributed by atoms with Crippen molar-refractivity contribution in [3.63, 3.8) is 0 Å². The van der Waals surface area contributed by atoms with E-state index in [0.717, 1.165) is 36.1 Å². The van der Waals surface area contributed by atoms with Gasteiger partial charge in [-0.25, -0.2) is 4.39 Å². The summed E-state index contributed by atoms with van der Waals surface area (Å²) in [6.45, 7) is 1.88. The van der Waals surface area contributed by atoms with Gasteiger partial charge in [0.1, 0.15) is 5.82 Å². The van der Waals surface area contributed by atoms with Gasteiger partial charge in [0.2, 0.25) is 5.91 Å². The minimum Gasteiger partial charge on any atom is -0.348 e. The lowest BCUT2D eigenvalue weighted by Crippen LogP contribution is -2.27. The second kappa shape index (κ2) is 6.83. The van der Waals surface area contributed by atoms with Gasteiger partial charge in [0.15, 0.2) is 0 Å². The Morgan fingerprint density at radius 3 is 2.79 bits per heavy atom. The Morgan fingerprint density at radius 2 is 2.04 bits per heavy atom. The first kappa shape index (κ1) is 16.2. The molecule has 1 aliphatic carbocycles. The van der Waals surface area contributed by atoms with E-state index in [0.29, 0.717) is 11.1 Å². The summed E-state index contributed by atoms with van der Waals surface area (Å²) in [6.07, 6.45) is 4.62. The van der Waals surface area contributed by atoms with Crippen LogP contribution in [0.2, 0.25) is 0 Å². The molecule has 1 aliphatic rings. The summed E-state index contributed by atoms with van der Waals surface area (Å²) in [4.78, 5) is 27.1. The number of carbonyl (C=O) groups excluding carboxylic acids is 1. The number of pyridine rings is 1. The molecule has 0 saturated heterocycles. The fourth-order valence-corrected chi connectivity index (χ4v) is 2.88. The standard InChI is InChI=1S/C19H19FN2O2/c1-12(9-13-5-7-16(20)8-6-13)18(23)21-11-15-10-14-3-2-4-17(14)22-19(15)24/h5-10H,2-4,11H2,1H3,(H,21,23)(H,22,24). The maximum Gasteiger partial charge on any atom is 0.253 e. The first-order valence-corrected chi connectivity index (χ1v) is 7.99. The van der Waals surface area contributed by atoms with E-state index in [9.17, 15) is 14.0 Å². The Kier molecular flexibility index (Phi) is 4.60. The van der Waals surface area contributed by atoms with E-state index in [1.165, 1.54) is 12.1 Å². The van der Waals surface area contributed by atoms with E-state index in [-0.39, 0.29) is 23.8 Å². The molecule has 0 fully saturated rings. The van der Waals surface area contributed by atoms with Crippen LogP contribution in [0.15, 0.2) is 40.7 Å². The number of fused-ring (bicyclic) bond motifs is 1. The van der Waals surface area contributed by atoms with Gasteiger partial charge in [0.25, 0.3) is 5.56 Å². The molecule has 2 N–H and O–H groups in total. The van der Waals surface area contributed by atoms with Gasteiger partial charge in [-0.1, -0.05) is 12.1 Å². The first-order valence-electron chi connectivity index (χ1n) is 7.99. The van der Waals surface area contributed by atoms with Crippen molar-refractivity contribution in [3.05, 3.63) is 74.5 Å². The van der Waals surface area contributed by atoms with E-state index in [4.69, 9.17) is 0 Å². The van der Waals surface area contributed by atoms with Crippen LogP contribution in [0.25, 0.3) is 6.08 Å². The second-order valence-electron chi connectivity index (χ2n) is 6.04. The molecule has 0 spiro atoms. The summed E-state index contributed by atoms with van der Waals surface area (Å²) in [6, 6.07) is 7.80. The molecule has 1 heterocycles. The van der Waals surface area contributed by atoms with Gasteiger partial charge in [-0.3, -0.25) is 9.59 Å². The van der Waals surface area contributed by atoms with Crippen molar-refractivity contribution in [2.24, 2.45) is 0 Å². The van der Waals surface area contributed by atoms with Crippen LogP contribution in [-0.2, 0) is 24.2 Å². The lowest BCUT2D eigenvalue weighted by atomic mass is 10.1. The molecule has 0 atom stereocenters. The zero-order chi connectivity index (χ0) is 17.1. The fraction of sp³-hybridized carbons (Fsp3) is 0.263. The number of hydrogen-bond acceptors (Lipinski definition) is 2. The van der Waals surface area contributed by atoms with Crippen molar-refractivity contribution in [1.82, 2.24) is 10.3 Å². The topological polar surface area (TPSA) is 62.0 Å². The molecular weight excluding hydrogens is 307 g/mol. The highest BCUT2D eigenvalue weighted by atomic mass is 19.1. The predicted molar refractivity (Wildman–Crippen MR) is 91.0 cm³/mol. The summed E-state index contributed by atoms with van der Waals surface area (Å²) in [5, 5.41) is 2.76. The minimum absolute atomic E-state index is 0.142. The number of H-pyrrole nitrogens is 1. The highest BCUT2D eigenvalue weighted by molar-refractivity contribution is 5.97. The van der Waals surface area contributed by atoms with E-state index >= 15 is 0 Å². The van der Waals surface area contributed by atoms with Crippen molar-refractivity contribution in [1.29, 1.82) is 0 Å². The van der Waals surface area contributed by atoms with Crippen LogP contribution >= 0.6 is 0 Å². The van der Waals surface area contributed by atoms with Crippen LogP contribution in [0.1, 0.15) is 35.7 Å². The Balaban J connectivity index is 1.67. The molecule has 124 valence electrons. The van der Waals surface area contributed by atoms with Gasteiger partial charge in [-0.2, -0.15) is 0 Å². The third-order valence-corrected chi connectivity index (χ3v) is 4.22. The summed E-state index contributed by atoms with van der Waals surface area (Å²) in [7, 11) is 0. The number of benzene rings is 1. The normalized spacial score (nSPS) is 13.7. The third kappa shape index (κ3) is 3.62. The van der Waals surface area contributed by atoms with Crippen molar-refractivity contribution in [2.45, 2.75) is 32.7 Å². The highest BCUT2D eigenvalue weighted by Gasteiger charge is 2.14. The summed E-state index contributed by atoms with van der Waals surface area (Å²) in [5.74, 6) is -0.565. The van der Waals surface area contributed by atoms with Gasteiger partial charge in [0.05, 0.1) is 0 Å². The lowest BCUT2D eigenvalue weighted by molar-refractivity contribution is -0.117. The molecule has 0 radical (unpaired) electrons. The number of nitrogens with one attached hydrogen (secondary N) is 2. The SMILES string of the molecule is CC(=Cc1ccc(F)cc1)C(=O)NCc1cc2c([nH]c1=O)CCC2. The Bertz CT molecular complexity index is 851. The summed E-state index contributed by atoms with van der Waals surface area (Å²) < 4.78 is 12.9. The number of hydrogen-bond donors (Lipinski definition) is 2. The maximum atomic E-state index is 12.9. The molecule has 0 unspecified atom stereocenters. The van der Waals surface area contributed by atoms with Gasteiger partial charge in [-0.05, 0) is 61.6 Å². The van der Waals surface area contributed by atoms with Crippen LogP contribution in [0.3, 0.4) is 0 Å². The molecule has 1 aromatic heterocycles. The number of aromatic nitrogens is 1. The van der Waals surface area contributed by atoms with E-state index in [1.807, 2.05) is 6.07 Å². The molecule has 5 heteroatoms. The van der Waals surface area contributed by atoms with E-state index in [2.05, 4.69) is 10.3 Å². The van der Waals surface area contributed by atoms with Gasteiger partial charge in [-0.15, -0.1) is 0 Å². The maximum absolute atomic E-state index is 12.9. The molecule has 1 aromatic carbocycles. The number of amides is 1. The summed E-state index contributed by atoms with van der Waals surface area (Å²) >= 11 is 0. The molecule has 0 bridgehead atoms. The number of halogens is 1. The third-order valence-electron chi connectivity index (χ3n) is 4.22. The average Bonchev–Trinajstić information content (AvgIpc) is 3.01.